The van der Waals surface area contributed by atoms with Gasteiger partial charge in [0.1, 0.15) is 11.5 Å². The lowest BCUT2D eigenvalue weighted by molar-refractivity contribution is -0.148. The van der Waals surface area contributed by atoms with Gasteiger partial charge in [-0.3, -0.25) is 9.59 Å². The maximum absolute atomic E-state index is 13.4. The van der Waals surface area contributed by atoms with Crippen LogP contribution in [-0.4, -0.2) is 40.1 Å². The number of carbonyl (C=O) groups is 2. The van der Waals surface area contributed by atoms with Gasteiger partial charge >= 0.3 is 5.97 Å². The summed E-state index contributed by atoms with van der Waals surface area (Å²) in [7, 11) is 0. The summed E-state index contributed by atoms with van der Waals surface area (Å²) in [6.45, 7) is 0.363. The number of hydrogen-bond donors (Lipinski definition) is 1. The van der Waals surface area contributed by atoms with E-state index in [0.717, 1.165) is 11.1 Å². The van der Waals surface area contributed by atoms with Crippen molar-refractivity contribution in [1.29, 1.82) is 0 Å². The van der Waals surface area contributed by atoms with Crippen LogP contribution >= 0.6 is 0 Å². The highest BCUT2D eigenvalue weighted by molar-refractivity contribution is 5.91. The zero-order valence-corrected chi connectivity index (χ0v) is 14.6. The van der Waals surface area contributed by atoms with Crippen LogP contribution in [0.1, 0.15) is 17.2 Å². The van der Waals surface area contributed by atoms with Crippen LogP contribution in [0.4, 0.5) is 0 Å². The van der Waals surface area contributed by atoms with E-state index in [-0.39, 0.29) is 11.9 Å². The van der Waals surface area contributed by atoms with Gasteiger partial charge in [0.2, 0.25) is 5.91 Å². The SMILES string of the molecule is O=C(O)[C@@H]1[C@@H]2C=C[C@@]3(CN(C(c4ccccc4)c4ccccc4)C(=O)[C@@H]13)O2. The van der Waals surface area contributed by atoms with E-state index in [2.05, 4.69) is 0 Å². The summed E-state index contributed by atoms with van der Waals surface area (Å²) in [5, 5.41) is 9.67. The summed E-state index contributed by atoms with van der Waals surface area (Å²) in [5.74, 6) is -2.60. The molecule has 1 amide bonds. The Morgan fingerprint density at radius 3 is 2.22 bits per heavy atom. The Hall–Kier alpha value is -2.92. The van der Waals surface area contributed by atoms with Gasteiger partial charge in [0.05, 0.1) is 24.6 Å². The number of likely N-dealkylation sites (tertiary alicyclic amines) is 1. The lowest BCUT2D eigenvalue weighted by atomic mass is 9.77. The van der Waals surface area contributed by atoms with Gasteiger partial charge in [-0.15, -0.1) is 0 Å². The summed E-state index contributed by atoms with van der Waals surface area (Å²) in [6, 6.07) is 19.4. The fraction of sp³-hybridized carbons (Fsp3) is 0.273. The Bertz CT molecular complexity index is 886. The van der Waals surface area contributed by atoms with Crippen molar-refractivity contribution in [2.24, 2.45) is 11.8 Å². The van der Waals surface area contributed by atoms with Crippen molar-refractivity contribution in [3.05, 3.63) is 83.9 Å². The molecule has 0 unspecified atom stereocenters. The standard InChI is InChI=1S/C22H19NO4/c24-20-18-17(21(25)26)16-11-12-22(18,27-16)13-23(20)19(14-7-3-1-4-8-14)15-9-5-2-6-10-15/h1-12,16-19H,13H2,(H,25,26)/t16-,17+,18+,22-/m0/s1. The number of carboxylic acid groups (broad SMARTS) is 1. The van der Waals surface area contributed by atoms with E-state index in [1.165, 1.54) is 0 Å². The second kappa shape index (κ2) is 5.79. The highest BCUT2D eigenvalue weighted by atomic mass is 16.5. The molecule has 0 radical (unpaired) electrons. The predicted octanol–water partition coefficient (Wildman–Crippen LogP) is 2.64. The number of rotatable bonds is 4. The molecule has 5 nitrogen and oxygen atoms in total. The number of carboxylic acids is 1. The van der Waals surface area contributed by atoms with E-state index in [4.69, 9.17) is 4.74 Å². The number of carbonyl (C=O) groups excluding carboxylic acids is 1. The second-order valence-corrected chi connectivity index (χ2v) is 7.43. The van der Waals surface area contributed by atoms with Crippen LogP contribution in [-0.2, 0) is 14.3 Å². The summed E-state index contributed by atoms with van der Waals surface area (Å²) in [4.78, 5) is 27.0. The molecule has 0 aromatic heterocycles. The third-order valence-electron chi connectivity index (χ3n) is 5.96. The Balaban J connectivity index is 1.59. The molecule has 27 heavy (non-hydrogen) atoms. The fourth-order valence-electron chi connectivity index (χ4n) is 4.85. The number of amides is 1. The molecular weight excluding hydrogens is 342 g/mol. The van der Waals surface area contributed by atoms with Gasteiger partial charge in [0.25, 0.3) is 0 Å². The van der Waals surface area contributed by atoms with Crippen LogP contribution in [0.5, 0.6) is 0 Å². The number of hydrogen-bond acceptors (Lipinski definition) is 3. The number of ether oxygens (including phenoxy) is 1. The molecule has 2 fully saturated rings. The third kappa shape index (κ3) is 2.28. The monoisotopic (exact) mass is 361 g/mol. The van der Waals surface area contributed by atoms with E-state index in [0.29, 0.717) is 6.54 Å². The molecule has 3 heterocycles. The van der Waals surface area contributed by atoms with Crippen molar-refractivity contribution in [2.75, 3.05) is 6.54 Å². The molecule has 2 aromatic carbocycles. The van der Waals surface area contributed by atoms with Crippen molar-refractivity contribution in [2.45, 2.75) is 17.7 Å². The van der Waals surface area contributed by atoms with Crippen LogP contribution in [0, 0.1) is 11.8 Å². The van der Waals surface area contributed by atoms with Crippen molar-refractivity contribution in [1.82, 2.24) is 4.90 Å². The molecule has 136 valence electrons. The topological polar surface area (TPSA) is 66.8 Å². The van der Waals surface area contributed by atoms with Gasteiger partial charge in [-0.1, -0.05) is 72.8 Å². The molecule has 2 aromatic rings. The zero-order chi connectivity index (χ0) is 18.6. The van der Waals surface area contributed by atoms with Gasteiger partial charge in [-0.05, 0) is 11.1 Å². The molecule has 5 heteroatoms. The first-order valence-corrected chi connectivity index (χ1v) is 9.11. The molecular formula is C22H19NO4. The van der Waals surface area contributed by atoms with Crippen molar-refractivity contribution >= 4 is 11.9 Å². The van der Waals surface area contributed by atoms with Crippen LogP contribution in [0.2, 0.25) is 0 Å². The van der Waals surface area contributed by atoms with Crippen LogP contribution in [0.3, 0.4) is 0 Å². The number of nitrogens with zero attached hydrogens (tertiary/aromatic N) is 1. The lowest BCUT2D eigenvalue weighted by Crippen LogP contribution is -2.39. The number of aliphatic carboxylic acids is 1. The minimum absolute atomic E-state index is 0.146. The fourth-order valence-corrected chi connectivity index (χ4v) is 4.85. The Morgan fingerprint density at radius 1 is 1.07 bits per heavy atom. The van der Waals surface area contributed by atoms with Gasteiger partial charge in [0.15, 0.2) is 0 Å². The predicted molar refractivity (Wildman–Crippen MR) is 97.8 cm³/mol. The summed E-state index contributed by atoms with van der Waals surface area (Å²) in [6.07, 6.45) is 3.18. The first-order chi connectivity index (χ1) is 13.1. The van der Waals surface area contributed by atoms with E-state index < -0.39 is 29.5 Å². The zero-order valence-electron chi connectivity index (χ0n) is 14.6. The average Bonchev–Trinajstić information content (AvgIpc) is 3.32. The van der Waals surface area contributed by atoms with E-state index in [1.54, 1.807) is 11.0 Å². The molecule has 0 aliphatic carbocycles. The van der Waals surface area contributed by atoms with Gasteiger partial charge in [-0.2, -0.15) is 0 Å². The molecule has 1 N–H and O–H groups in total. The van der Waals surface area contributed by atoms with Crippen molar-refractivity contribution in [3.8, 4) is 0 Å². The average molecular weight is 361 g/mol. The minimum atomic E-state index is -0.970. The lowest BCUT2D eigenvalue weighted by Gasteiger charge is -2.31. The first-order valence-electron chi connectivity index (χ1n) is 9.11. The Labute approximate surface area is 156 Å². The Kier molecular flexibility index (Phi) is 3.49. The van der Waals surface area contributed by atoms with Crippen LogP contribution in [0.15, 0.2) is 72.8 Å². The number of benzene rings is 2. The highest BCUT2D eigenvalue weighted by Gasteiger charge is 2.67. The summed E-state index contributed by atoms with van der Waals surface area (Å²) >= 11 is 0. The Morgan fingerprint density at radius 2 is 1.67 bits per heavy atom. The largest absolute Gasteiger partial charge is 0.481 e. The highest BCUT2D eigenvalue weighted by Crippen LogP contribution is 2.53. The number of fused-ring (bicyclic) bond motifs is 1. The molecule has 1 spiro atoms. The van der Waals surface area contributed by atoms with E-state index >= 15 is 0 Å². The summed E-state index contributed by atoms with van der Waals surface area (Å²) < 4.78 is 6.03. The summed E-state index contributed by atoms with van der Waals surface area (Å²) in [5.41, 5.74) is 1.17. The van der Waals surface area contributed by atoms with Gasteiger partial charge < -0.3 is 14.7 Å². The maximum atomic E-state index is 13.4. The van der Waals surface area contributed by atoms with Crippen molar-refractivity contribution in [3.63, 3.8) is 0 Å². The smallest absolute Gasteiger partial charge is 0.310 e. The van der Waals surface area contributed by atoms with Crippen LogP contribution in [0.25, 0.3) is 0 Å². The van der Waals surface area contributed by atoms with Gasteiger partial charge in [-0.25, -0.2) is 0 Å². The van der Waals surface area contributed by atoms with Crippen LogP contribution < -0.4 is 0 Å². The normalized spacial score (nSPS) is 30.9. The van der Waals surface area contributed by atoms with E-state index in [1.807, 2.05) is 66.7 Å². The van der Waals surface area contributed by atoms with Crippen molar-refractivity contribution < 1.29 is 19.4 Å². The molecule has 0 saturated carbocycles. The first kappa shape index (κ1) is 16.3. The molecule has 2 saturated heterocycles. The molecule has 3 aliphatic rings. The molecule has 5 rings (SSSR count). The minimum Gasteiger partial charge on any atom is -0.481 e. The third-order valence-corrected chi connectivity index (χ3v) is 5.96. The quantitative estimate of drug-likeness (QED) is 0.850. The maximum Gasteiger partial charge on any atom is 0.310 e. The molecule has 4 atom stereocenters. The second-order valence-electron chi connectivity index (χ2n) is 7.43. The molecule has 2 bridgehead atoms. The van der Waals surface area contributed by atoms with E-state index in [9.17, 15) is 14.7 Å². The van der Waals surface area contributed by atoms with Gasteiger partial charge in [0, 0.05) is 0 Å². The molecule has 3 aliphatic heterocycles.